The van der Waals surface area contributed by atoms with E-state index in [1.807, 2.05) is 0 Å². The molecule has 19 heavy (non-hydrogen) atoms. The Morgan fingerprint density at radius 3 is 2.74 bits per heavy atom. The monoisotopic (exact) mass is 278 g/mol. The van der Waals surface area contributed by atoms with Crippen LogP contribution in [0.3, 0.4) is 0 Å². The van der Waals surface area contributed by atoms with Crippen LogP contribution in [0, 0.1) is 5.82 Å². The van der Waals surface area contributed by atoms with Crippen LogP contribution in [-0.2, 0) is 4.79 Å². The zero-order valence-corrected chi connectivity index (χ0v) is 10.7. The van der Waals surface area contributed by atoms with Crippen LogP contribution in [0.1, 0.15) is 0 Å². The van der Waals surface area contributed by atoms with Crippen molar-refractivity contribution in [3.8, 4) is 5.75 Å². The standard InChI is InChI=1S/C13H11FN2O2S/c14-9-3-5-10(6-4-9)19-8-12(18)16-13-11(17)2-1-7-15-13/h1-7,17H,8H2,(H,15,16,18). The van der Waals surface area contributed by atoms with E-state index >= 15 is 0 Å². The number of benzene rings is 1. The van der Waals surface area contributed by atoms with Gasteiger partial charge in [-0.1, -0.05) is 0 Å². The number of amides is 1. The molecule has 4 nitrogen and oxygen atoms in total. The van der Waals surface area contributed by atoms with Crippen molar-refractivity contribution in [3.63, 3.8) is 0 Å². The van der Waals surface area contributed by atoms with Crippen LogP contribution in [0.4, 0.5) is 10.2 Å². The minimum absolute atomic E-state index is 0.0809. The lowest BCUT2D eigenvalue weighted by atomic mass is 10.4. The van der Waals surface area contributed by atoms with Gasteiger partial charge in [0, 0.05) is 11.1 Å². The average molecular weight is 278 g/mol. The predicted molar refractivity (Wildman–Crippen MR) is 71.7 cm³/mol. The highest BCUT2D eigenvalue weighted by molar-refractivity contribution is 8.00. The molecule has 1 heterocycles. The number of carbonyl (C=O) groups is 1. The first-order valence-electron chi connectivity index (χ1n) is 5.47. The molecule has 0 spiro atoms. The number of halogens is 1. The molecule has 0 radical (unpaired) electrons. The Morgan fingerprint density at radius 2 is 2.05 bits per heavy atom. The fourth-order valence-electron chi connectivity index (χ4n) is 1.34. The van der Waals surface area contributed by atoms with Gasteiger partial charge in [0.2, 0.25) is 5.91 Å². The number of nitrogens with zero attached hydrogens (tertiary/aromatic N) is 1. The van der Waals surface area contributed by atoms with Crippen LogP contribution < -0.4 is 5.32 Å². The highest BCUT2D eigenvalue weighted by Crippen LogP contribution is 2.21. The number of hydrogen-bond acceptors (Lipinski definition) is 4. The van der Waals surface area contributed by atoms with Crippen molar-refractivity contribution in [3.05, 3.63) is 48.4 Å². The zero-order chi connectivity index (χ0) is 13.7. The van der Waals surface area contributed by atoms with Crippen molar-refractivity contribution in [2.45, 2.75) is 4.90 Å². The molecule has 0 fully saturated rings. The Hall–Kier alpha value is -2.08. The smallest absolute Gasteiger partial charge is 0.235 e. The molecule has 0 aliphatic carbocycles. The van der Waals surface area contributed by atoms with Gasteiger partial charge in [0.05, 0.1) is 5.75 Å². The molecule has 0 aliphatic heterocycles. The van der Waals surface area contributed by atoms with Gasteiger partial charge in [0.1, 0.15) is 5.82 Å². The third kappa shape index (κ3) is 3.96. The van der Waals surface area contributed by atoms with Crippen molar-refractivity contribution in [2.24, 2.45) is 0 Å². The summed E-state index contributed by atoms with van der Waals surface area (Å²) in [5.41, 5.74) is 0. The van der Waals surface area contributed by atoms with Gasteiger partial charge >= 0.3 is 0 Å². The van der Waals surface area contributed by atoms with Gasteiger partial charge in [-0.25, -0.2) is 9.37 Å². The second kappa shape index (κ2) is 6.19. The largest absolute Gasteiger partial charge is 0.504 e. The quantitative estimate of drug-likeness (QED) is 0.844. The number of carbonyl (C=O) groups excluding carboxylic acids is 1. The van der Waals surface area contributed by atoms with Gasteiger partial charge in [-0.3, -0.25) is 4.79 Å². The molecule has 1 aromatic carbocycles. The Balaban J connectivity index is 1.88. The minimum atomic E-state index is -0.313. The van der Waals surface area contributed by atoms with Crippen molar-refractivity contribution >= 4 is 23.5 Å². The molecule has 98 valence electrons. The van der Waals surface area contributed by atoms with Crippen molar-refractivity contribution in [1.82, 2.24) is 4.98 Å². The SMILES string of the molecule is O=C(CSc1ccc(F)cc1)Nc1ncccc1O. The van der Waals surface area contributed by atoms with Crippen LogP contribution in [0.5, 0.6) is 5.75 Å². The molecule has 2 N–H and O–H groups in total. The summed E-state index contributed by atoms with van der Waals surface area (Å²) >= 11 is 1.27. The highest BCUT2D eigenvalue weighted by Gasteiger charge is 2.07. The topological polar surface area (TPSA) is 62.2 Å². The van der Waals surface area contributed by atoms with E-state index < -0.39 is 0 Å². The molecule has 1 amide bonds. The van der Waals surface area contributed by atoms with Crippen LogP contribution in [0.2, 0.25) is 0 Å². The molecule has 0 saturated carbocycles. The third-order valence-corrected chi connectivity index (χ3v) is 3.24. The summed E-state index contributed by atoms with van der Waals surface area (Å²) in [6.07, 6.45) is 1.47. The number of anilines is 1. The van der Waals surface area contributed by atoms with E-state index in [0.29, 0.717) is 0 Å². The number of aromatic hydroxyl groups is 1. The number of nitrogens with one attached hydrogen (secondary N) is 1. The van der Waals surface area contributed by atoms with Gasteiger partial charge < -0.3 is 10.4 Å². The maximum absolute atomic E-state index is 12.7. The molecule has 2 rings (SSSR count). The van der Waals surface area contributed by atoms with E-state index in [-0.39, 0.29) is 29.0 Å². The lowest BCUT2D eigenvalue weighted by Gasteiger charge is -2.05. The van der Waals surface area contributed by atoms with Crippen molar-refractivity contribution in [2.75, 3.05) is 11.1 Å². The van der Waals surface area contributed by atoms with Crippen molar-refractivity contribution < 1.29 is 14.3 Å². The third-order valence-electron chi connectivity index (χ3n) is 2.23. The maximum Gasteiger partial charge on any atom is 0.235 e. The highest BCUT2D eigenvalue weighted by atomic mass is 32.2. The molecular weight excluding hydrogens is 267 g/mol. The van der Waals surface area contributed by atoms with Crippen LogP contribution in [-0.4, -0.2) is 21.8 Å². The molecular formula is C13H11FN2O2S. The van der Waals surface area contributed by atoms with E-state index in [4.69, 9.17) is 0 Å². The number of rotatable bonds is 4. The van der Waals surface area contributed by atoms with Crippen molar-refractivity contribution in [1.29, 1.82) is 0 Å². The summed E-state index contributed by atoms with van der Waals surface area (Å²) in [6, 6.07) is 8.89. The molecule has 1 aromatic heterocycles. The summed E-state index contributed by atoms with van der Waals surface area (Å²) in [5.74, 6) is -0.396. The summed E-state index contributed by atoms with van der Waals surface area (Å²) < 4.78 is 12.7. The second-order valence-corrected chi connectivity index (χ2v) is 4.71. The fraction of sp³-hybridized carbons (Fsp3) is 0.0769. The van der Waals surface area contributed by atoms with E-state index in [2.05, 4.69) is 10.3 Å². The van der Waals surface area contributed by atoms with Gasteiger partial charge in [0.15, 0.2) is 11.6 Å². The summed E-state index contributed by atoms with van der Waals surface area (Å²) in [6.45, 7) is 0. The molecule has 2 aromatic rings. The summed E-state index contributed by atoms with van der Waals surface area (Å²) in [7, 11) is 0. The zero-order valence-electron chi connectivity index (χ0n) is 9.84. The number of aromatic nitrogens is 1. The first kappa shape index (κ1) is 13.4. The van der Waals surface area contributed by atoms with Crippen LogP contribution >= 0.6 is 11.8 Å². The molecule has 0 atom stereocenters. The maximum atomic E-state index is 12.7. The van der Waals surface area contributed by atoms with Gasteiger partial charge in [-0.15, -0.1) is 11.8 Å². The number of thioether (sulfide) groups is 1. The molecule has 6 heteroatoms. The van der Waals surface area contributed by atoms with Gasteiger partial charge in [-0.2, -0.15) is 0 Å². The Morgan fingerprint density at radius 1 is 1.32 bits per heavy atom. The fourth-order valence-corrected chi connectivity index (χ4v) is 2.04. The van der Waals surface area contributed by atoms with Crippen LogP contribution in [0.25, 0.3) is 0 Å². The lowest BCUT2D eigenvalue weighted by Crippen LogP contribution is -2.14. The predicted octanol–water partition coefficient (Wildman–Crippen LogP) is 2.66. The Kier molecular flexibility index (Phi) is 4.35. The minimum Gasteiger partial charge on any atom is -0.504 e. The van der Waals surface area contributed by atoms with E-state index in [1.54, 1.807) is 18.2 Å². The molecule has 0 bridgehead atoms. The first-order valence-corrected chi connectivity index (χ1v) is 6.46. The van der Waals surface area contributed by atoms with E-state index in [1.165, 1.54) is 36.2 Å². The molecule has 0 saturated heterocycles. The summed E-state index contributed by atoms with van der Waals surface area (Å²) in [5, 5.41) is 11.9. The number of hydrogen-bond donors (Lipinski definition) is 2. The van der Waals surface area contributed by atoms with Gasteiger partial charge in [0.25, 0.3) is 0 Å². The Bertz CT molecular complexity index is 575. The summed E-state index contributed by atoms with van der Waals surface area (Å²) in [4.78, 5) is 16.3. The lowest BCUT2D eigenvalue weighted by molar-refractivity contribution is -0.113. The van der Waals surface area contributed by atoms with Crippen LogP contribution in [0.15, 0.2) is 47.5 Å². The normalized spacial score (nSPS) is 10.2. The first-order chi connectivity index (χ1) is 9.15. The molecule has 0 aliphatic rings. The second-order valence-electron chi connectivity index (χ2n) is 3.66. The van der Waals surface area contributed by atoms with E-state index in [0.717, 1.165) is 4.90 Å². The number of pyridine rings is 1. The average Bonchev–Trinajstić information content (AvgIpc) is 2.41. The Labute approximate surface area is 113 Å². The van der Waals surface area contributed by atoms with E-state index in [9.17, 15) is 14.3 Å². The molecule has 0 unspecified atom stereocenters. The van der Waals surface area contributed by atoms with Gasteiger partial charge in [-0.05, 0) is 36.4 Å².